The van der Waals surface area contributed by atoms with Gasteiger partial charge in [-0.15, -0.1) is 8.67 Å². The van der Waals surface area contributed by atoms with Gasteiger partial charge in [-0.05, 0) is 0 Å². The first-order chi connectivity index (χ1) is 7.21. The molecule has 0 aromatic carbocycles. The van der Waals surface area contributed by atoms with Gasteiger partial charge in [0.05, 0.1) is 26.4 Å². The van der Waals surface area contributed by atoms with Crippen LogP contribution in [0.2, 0.25) is 0 Å². The smallest absolute Gasteiger partial charge is 0.724 e. The summed E-state index contributed by atoms with van der Waals surface area (Å²) in [6.45, 7) is 3.11. The molecule has 0 spiro atoms. The molecule has 0 atom stereocenters. The van der Waals surface area contributed by atoms with Crippen molar-refractivity contribution in [3.63, 3.8) is 0 Å². The molecule has 0 radical (unpaired) electrons. The van der Waals surface area contributed by atoms with Crippen LogP contribution >= 0.6 is 0 Å². The Hall–Kier alpha value is 1.66. The maximum atomic E-state index is 9.37. The van der Waals surface area contributed by atoms with Crippen molar-refractivity contribution in [3.8, 4) is 0 Å². The number of rotatable bonds is 3. The molecule has 1 saturated heterocycles. The van der Waals surface area contributed by atoms with Crippen LogP contribution in [0.15, 0.2) is 0 Å². The number of hydrogen-bond donors (Lipinski definition) is 0. The molecule has 0 aromatic rings. The maximum Gasteiger partial charge on any atom is 1.00 e. The van der Waals surface area contributed by atoms with Gasteiger partial charge in [0.25, 0.3) is 0 Å². The molecule has 0 bridgehead atoms. The van der Waals surface area contributed by atoms with E-state index in [4.69, 9.17) is 9.47 Å². The molecule has 0 aromatic heterocycles. The molecule has 1 heterocycles. The van der Waals surface area contributed by atoms with Crippen molar-refractivity contribution in [1.29, 1.82) is 0 Å². The second-order valence-electron chi connectivity index (χ2n) is 2.18. The van der Waals surface area contributed by atoms with Gasteiger partial charge in [-0.2, -0.15) is 0 Å². The molecule has 10 nitrogen and oxygen atoms in total. The molecule has 0 amide bonds. The Balaban J connectivity index is -0.000000244. The van der Waals surface area contributed by atoms with Gasteiger partial charge in [0.15, 0.2) is 0 Å². The average Bonchev–Trinajstić information content (AvgIpc) is 2.17. The predicted molar refractivity (Wildman–Crippen MR) is 43.2 cm³/mol. The summed E-state index contributed by atoms with van der Waals surface area (Å²) < 4.78 is 71.3. The van der Waals surface area contributed by atoms with E-state index in [1.807, 2.05) is 0 Å². The predicted octanol–water partition coefficient (Wildman–Crippen LogP) is -8.10. The summed E-state index contributed by atoms with van der Waals surface area (Å²) in [4.78, 5) is 0. The van der Waals surface area contributed by atoms with Gasteiger partial charge in [0.1, 0.15) is 0 Å². The minimum absolute atomic E-state index is 0. The number of hydrogen-bond acceptors (Lipinski definition) is 10. The van der Waals surface area contributed by atoms with Crippen molar-refractivity contribution >= 4 is 20.8 Å². The molecule has 0 N–H and O–H groups in total. The Morgan fingerprint density at radius 2 is 0.944 bits per heavy atom. The third-order valence-corrected chi connectivity index (χ3v) is 1.49. The fourth-order valence-electron chi connectivity index (χ4n) is 0.508. The zero-order valence-electron chi connectivity index (χ0n) is 9.73. The van der Waals surface area contributed by atoms with Gasteiger partial charge in [0, 0.05) is 0 Å². The Morgan fingerprint density at radius 3 is 1.06 bits per heavy atom. The molecule has 1 aliphatic rings. The maximum absolute atomic E-state index is 9.37. The van der Waals surface area contributed by atoms with Crippen molar-refractivity contribution < 1.29 is 103 Å². The normalized spacial score (nSPS) is 15.4. The van der Waals surface area contributed by atoms with Crippen LogP contribution < -0.4 is 59.1 Å². The minimum Gasteiger partial charge on any atom is -0.724 e. The monoisotopic (exact) mass is 326 g/mol. The molecule has 0 unspecified atom stereocenters. The van der Waals surface area contributed by atoms with E-state index in [1.165, 1.54) is 0 Å². The zero-order chi connectivity index (χ0) is 12.7. The molecule has 1 aliphatic heterocycles. The van der Waals surface area contributed by atoms with E-state index in [1.54, 1.807) is 0 Å². The first-order valence-electron chi connectivity index (χ1n) is 3.65. The fraction of sp³-hybridized carbons (Fsp3) is 1.00. The fourth-order valence-corrected chi connectivity index (χ4v) is 1.05. The average molecular weight is 326 g/mol. The summed E-state index contributed by atoms with van der Waals surface area (Å²) in [6, 6.07) is 0. The molecule has 98 valence electrons. The molecule has 1 fully saturated rings. The second-order valence-corrected chi connectivity index (χ2v) is 4.08. The minimum atomic E-state index is -5.31. The van der Waals surface area contributed by atoms with Crippen molar-refractivity contribution in [2.24, 2.45) is 0 Å². The van der Waals surface area contributed by atoms with Gasteiger partial charge >= 0.3 is 59.1 Å². The van der Waals surface area contributed by atoms with E-state index < -0.39 is 20.8 Å². The molecule has 14 heteroatoms. The molecule has 0 aliphatic carbocycles. The largest absolute Gasteiger partial charge is 1.00 e. The van der Waals surface area contributed by atoms with Crippen LogP contribution in [-0.4, -0.2) is 52.4 Å². The summed E-state index contributed by atoms with van der Waals surface area (Å²) >= 11 is 0. The third-order valence-electron chi connectivity index (χ3n) is 0.938. The molecular formula is C4H8Na2O10S2. The summed E-state index contributed by atoms with van der Waals surface area (Å²) in [7, 11) is -10.6. The van der Waals surface area contributed by atoms with E-state index >= 15 is 0 Å². The van der Waals surface area contributed by atoms with Crippen molar-refractivity contribution in [2.45, 2.75) is 0 Å². The quantitative estimate of drug-likeness (QED) is 0.161. The molecule has 18 heavy (non-hydrogen) atoms. The van der Waals surface area contributed by atoms with E-state index in [0.717, 1.165) is 26.4 Å². The third kappa shape index (κ3) is 22.8. The first kappa shape index (κ1) is 24.7. The topological polar surface area (TPSA) is 151 Å². The van der Waals surface area contributed by atoms with Crippen molar-refractivity contribution in [2.75, 3.05) is 26.4 Å². The Bertz CT molecular complexity index is 329. The van der Waals surface area contributed by atoms with Crippen LogP contribution in [0, 0.1) is 0 Å². The zero-order valence-corrected chi connectivity index (χ0v) is 15.4. The standard InChI is InChI=1S/C4H8O2.2Na.H2O8S2/c1-2-6-4-3-5-1;;;1-9(2,3)7-8-10(4,5)6/h1-4H2;;;(H,1,2,3)(H,4,5,6)/q;2*+1;/p-2. The van der Waals surface area contributed by atoms with Gasteiger partial charge in [-0.1, -0.05) is 0 Å². The molecular weight excluding hydrogens is 318 g/mol. The Kier molecular flexibility index (Phi) is 17.0. The van der Waals surface area contributed by atoms with Crippen LogP contribution in [0.3, 0.4) is 0 Å². The van der Waals surface area contributed by atoms with Gasteiger partial charge in [-0.3, -0.25) is 0 Å². The van der Waals surface area contributed by atoms with Gasteiger partial charge < -0.3 is 18.6 Å². The Morgan fingerprint density at radius 1 is 0.722 bits per heavy atom. The van der Waals surface area contributed by atoms with E-state index in [2.05, 4.69) is 8.67 Å². The van der Waals surface area contributed by atoms with Crippen molar-refractivity contribution in [3.05, 3.63) is 0 Å². The molecule has 1 rings (SSSR count). The number of ether oxygens (including phenoxy) is 2. The van der Waals surface area contributed by atoms with Gasteiger partial charge in [0.2, 0.25) is 20.8 Å². The van der Waals surface area contributed by atoms with E-state index in [-0.39, 0.29) is 59.1 Å². The van der Waals surface area contributed by atoms with E-state index in [9.17, 15) is 25.9 Å². The van der Waals surface area contributed by atoms with Crippen LogP contribution in [0.5, 0.6) is 0 Å². The van der Waals surface area contributed by atoms with Crippen LogP contribution in [0.4, 0.5) is 0 Å². The SMILES string of the molecule is C1COCCO1.O=S(=O)([O-])OOS(=O)(=O)[O-].[Na+].[Na+]. The van der Waals surface area contributed by atoms with Gasteiger partial charge in [-0.25, -0.2) is 16.8 Å². The van der Waals surface area contributed by atoms with Crippen molar-refractivity contribution in [1.82, 2.24) is 0 Å². The summed E-state index contributed by atoms with van der Waals surface area (Å²) in [5.41, 5.74) is 0. The Labute approximate surface area is 149 Å². The van der Waals surface area contributed by atoms with Crippen LogP contribution in [0.25, 0.3) is 0 Å². The van der Waals surface area contributed by atoms with E-state index in [0.29, 0.717) is 0 Å². The summed E-state index contributed by atoms with van der Waals surface area (Å²) in [5.74, 6) is 0. The first-order valence-corrected chi connectivity index (χ1v) is 6.32. The molecule has 0 saturated carbocycles. The summed E-state index contributed by atoms with van der Waals surface area (Å²) in [5, 5.41) is 0. The second kappa shape index (κ2) is 12.4. The summed E-state index contributed by atoms with van der Waals surface area (Å²) in [6.07, 6.45) is 0. The van der Waals surface area contributed by atoms with Crippen LogP contribution in [-0.2, 0) is 38.9 Å². The van der Waals surface area contributed by atoms with Crippen LogP contribution in [0.1, 0.15) is 0 Å².